The molecule has 146 valence electrons. The van der Waals surface area contributed by atoms with E-state index >= 15 is 0 Å². The number of hydrogen-bond donors (Lipinski definition) is 1. The number of ether oxygens (including phenoxy) is 1. The minimum absolute atomic E-state index is 0.0232. The van der Waals surface area contributed by atoms with E-state index in [-0.39, 0.29) is 16.9 Å². The molecule has 1 N–H and O–H groups in total. The van der Waals surface area contributed by atoms with Crippen molar-refractivity contribution in [3.63, 3.8) is 0 Å². The maximum atomic E-state index is 13.8. The number of carbonyl (C=O) groups is 2. The van der Waals surface area contributed by atoms with Gasteiger partial charge in [0, 0.05) is 18.9 Å². The second kappa shape index (κ2) is 8.21. The Morgan fingerprint density at radius 2 is 1.96 bits per heavy atom. The standard InChI is InChI=1S/C21H21FN2O4/c1-3-4-11-24-18(13-7-9-23-10-8-13)17(20(26)21(24)27)19(25)15-12-14(22)5-6-16(15)28-2/h5-10,12,18,25H,3-4,11H2,1-2H3/b19-17+. The number of halogens is 1. The number of hydrogen-bond acceptors (Lipinski definition) is 5. The molecule has 0 bridgehead atoms. The lowest BCUT2D eigenvalue weighted by molar-refractivity contribution is -0.139. The van der Waals surface area contributed by atoms with Gasteiger partial charge in [-0.2, -0.15) is 0 Å². The van der Waals surface area contributed by atoms with E-state index in [2.05, 4.69) is 4.98 Å². The van der Waals surface area contributed by atoms with Gasteiger partial charge in [-0.1, -0.05) is 13.3 Å². The van der Waals surface area contributed by atoms with E-state index in [1.54, 1.807) is 24.5 Å². The molecule has 1 aromatic carbocycles. The lowest BCUT2D eigenvalue weighted by atomic mass is 9.95. The minimum atomic E-state index is -0.804. The molecule has 0 radical (unpaired) electrons. The number of aliphatic hydroxyl groups excluding tert-OH is 1. The van der Waals surface area contributed by atoms with E-state index < -0.39 is 29.3 Å². The summed E-state index contributed by atoms with van der Waals surface area (Å²) in [6, 6.07) is 6.23. The van der Waals surface area contributed by atoms with Gasteiger partial charge in [-0.15, -0.1) is 0 Å². The fraction of sp³-hybridized carbons (Fsp3) is 0.286. The van der Waals surface area contributed by atoms with Crippen LogP contribution in [0, 0.1) is 5.82 Å². The Morgan fingerprint density at radius 3 is 2.61 bits per heavy atom. The van der Waals surface area contributed by atoms with E-state index in [1.165, 1.54) is 24.1 Å². The number of ketones is 1. The summed E-state index contributed by atoms with van der Waals surface area (Å²) < 4.78 is 19.0. The van der Waals surface area contributed by atoms with Crippen LogP contribution in [-0.4, -0.2) is 40.3 Å². The lowest BCUT2D eigenvalue weighted by Gasteiger charge is -2.25. The molecule has 1 fully saturated rings. The summed E-state index contributed by atoms with van der Waals surface area (Å²) >= 11 is 0. The highest BCUT2D eigenvalue weighted by Gasteiger charge is 2.46. The molecular weight excluding hydrogens is 363 g/mol. The molecule has 7 heteroatoms. The van der Waals surface area contributed by atoms with Gasteiger partial charge in [0.1, 0.15) is 17.3 Å². The Hall–Kier alpha value is -3.22. The van der Waals surface area contributed by atoms with Gasteiger partial charge in [-0.3, -0.25) is 14.6 Å². The van der Waals surface area contributed by atoms with Gasteiger partial charge in [-0.05, 0) is 42.3 Å². The number of nitrogens with zero attached hydrogens (tertiary/aromatic N) is 2. The summed E-state index contributed by atoms with van der Waals surface area (Å²) in [6.45, 7) is 2.35. The maximum absolute atomic E-state index is 13.8. The second-order valence-corrected chi connectivity index (χ2v) is 6.47. The first-order chi connectivity index (χ1) is 13.5. The molecule has 1 atom stereocenters. The third-order valence-electron chi connectivity index (χ3n) is 4.73. The Morgan fingerprint density at radius 1 is 1.25 bits per heavy atom. The highest BCUT2D eigenvalue weighted by Crippen LogP contribution is 2.40. The fourth-order valence-corrected chi connectivity index (χ4v) is 3.34. The van der Waals surface area contributed by atoms with E-state index in [4.69, 9.17) is 4.74 Å². The molecule has 1 unspecified atom stereocenters. The number of aromatic nitrogens is 1. The molecule has 1 amide bonds. The van der Waals surface area contributed by atoms with Crippen molar-refractivity contribution in [2.24, 2.45) is 0 Å². The van der Waals surface area contributed by atoms with Gasteiger partial charge in [0.2, 0.25) is 0 Å². The van der Waals surface area contributed by atoms with Crippen molar-refractivity contribution in [1.82, 2.24) is 9.88 Å². The number of pyridine rings is 1. The number of Topliss-reactive ketones (excluding diaryl/α,β-unsaturated/α-hetero) is 1. The number of aliphatic hydroxyl groups is 1. The number of carbonyl (C=O) groups excluding carboxylic acids is 2. The first-order valence-corrected chi connectivity index (χ1v) is 9.01. The predicted molar refractivity (Wildman–Crippen MR) is 101 cm³/mol. The van der Waals surface area contributed by atoms with Crippen molar-refractivity contribution in [3.8, 4) is 5.75 Å². The normalized spacial score (nSPS) is 18.5. The first kappa shape index (κ1) is 19.5. The van der Waals surface area contributed by atoms with Crippen LogP contribution in [0.15, 0.2) is 48.3 Å². The van der Waals surface area contributed by atoms with Crippen LogP contribution in [0.4, 0.5) is 4.39 Å². The third kappa shape index (κ3) is 3.47. The van der Waals surface area contributed by atoms with E-state index in [0.717, 1.165) is 12.5 Å². The molecule has 2 heterocycles. The van der Waals surface area contributed by atoms with Crippen LogP contribution < -0.4 is 4.74 Å². The summed E-state index contributed by atoms with van der Waals surface area (Å²) in [4.78, 5) is 30.9. The average Bonchev–Trinajstić information content (AvgIpc) is 2.97. The third-order valence-corrected chi connectivity index (χ3v) is 4.73. The Kier molecular flexibility index (Phi) is 5.73. The zero-order valence-electron chi connectivity index (χ0n) is 15.7. The summed E-state index contributed by atoms with van der Waals surface area (Å²) in [7, 11) is 1.38. The Labute approximate surface area is 162 Å². The predicted octanol–water partition coefficient (Wildman–Crippen LogP) is 3.45. The Balaban J connectivity index is 2.21. The van der Waals surface area contributed by atoms with Gasteiger partial charge in [0.25, 0.3) is 11.7 Å². The van der Waals surface area contributed by atoms with Gasteiger partial charge < -0.3 is 14.7 Å². The quantitative estimate of drug-likeness (QED) is 0.469. The molecule has 6 nitrogen and oxygen atoms in total. The molecule has 1 aromatic heterocycles. The van der Waals surface area contributed by atoms with Crippen LogP contribution >= 0.6 is 0 Å². The molecule has 28 heavy (non-hydrogen) atoms. The van der Waals surface area contributed by atoms with Crippen LogP contribution in [0.25, 0.3) is 5.76 Å². The van der Waals surface area contributed by atoms with Gasteiger partial charge in [-0.25, -0.2) is 4.39 Å². The van der Waals surface area contributed by atoms with E-state index in [0.29, 0.717) is 18.5 Å². The van der Waals surface area contributed by atoms with Crippen molar-refractivity contribution >= 4 is 17.4 Å². The molecule has 3 rings (SSSR count). The number of rotatable bonds is 6. The van der Waals surface area contributed by atoms with Crippen LogP contribution in [0.5, 0.6) is 5.75 Å². The van der Waals surface area contributed by atoms with Crippen molar-refractivity contribution in [1.29, 1.82) is 0 Å². The molecule has 0 spiro atoms. The molecule has 1 aliphatic heterocycles. The summed E-state index contributed by atoms with van der Waals surface area (Å²) in [5.41, 5.74) is 0.577. The molecule has 0 saturated carbocycles. The summed E-state index contributed by atoms with van der Waals surface area (Å²) in [6.07, 6.45) is 4.65. The van der Waals surface area contributed by atoms with Crippen LogP contribution in [-0.2, 0) is 9.59 Å². The average molecular weight is 384 g/mol. The van der Waals surface area contributed by atoms with Crippen LogP contribution in [0.2, 0.25) is 0 Å². The zero-order valence-corrected chi connectivity index (χ0v) is 15.7. The maximum Gasteiger partial charge on any atom is 0.295 e. The lowest BCUT2D eigenvalue weighted by Crippen LogP contribution is -2.30. The molecule has 1 aliphatic rings. The number of amides is 1. The van der Waals surface area contributed by atoms with Crippen LogP contribution in [0.3, 0.4) is 0 Å². The summed E-state index contributed by atoms with van der Waals surface area (Å²) in [5, 5.41) is 10.9. The van der Waals surface area contributed by atoms with Crippen molar-refractivity contribution < 1.29 is 23.8 Å². The van der Waals surface area contributed by atoms with Crippen molar-refractivity contribution in [2.45, 2.75) is 25.8 Å². The zero-order chi connectivity index (χ0) is 20.3. The van der Waals surface area contributed by atoms with Crippen molar-refractivity contribution in [3.05, 3.63) is 65.2 Å². The molecule has 2 aromatic rings. The smallest absolute Gasteiger partial charge is 0.295 e. The highest BCUT2D eigenvalue weighted by atomic mass is 19.1. The van der Waals surface area contributed by atoms with E-state index in [9.17, 15) is 19.1 Å². The molecule has 0 aliphatic carbocycles. The van der Waals surface area contributed by atoms with Crippen LogP contribution in [0.1, 0.15) is 36.9 Å². The minimum Gasteiger partial charge on any atom is -0.507 e. The monoisotopic (exact) mass is 384 g/mol. The van der Waals surface area contributed by atoms with E-state index in [1.807, 2.05) is 6.92 Å². The van der Waals surface area contributed by atoms with Gasteiger partial charge in [0.15, 0.2) is 0 Å². The number of unbranched alkanes of at least 4 members (excludes halogenated alkanes) is 1. The Bertz CT molecular complexity index is 927. The first-order valence-electron chi connectivity index (χ1n) is 9.01. The van der Waals surface area contributed by atoms with Gasteiger partial charge in [0.05, 0.1) is 24.3 Å². The van der Waals surface area contributed by atoms with Crippen molar-refractivity contribution in [2.75, 3.05) is 13.7 Å². The number of likely N-dealkylation sites (tertiary alicyclic amines) is 1. The fourth-order valence-electron chi connectivity index (χ4n) is 3.34. The SMILES string of the molecule is CCCCN1C(=O)C(=O)/C(=C(/O)c2cc(F)ccc2OC)C1c1ccncc1. The topological polar surface area (TPSA) is 79.7 Å². The number of benzene rings is 1. The largest absolute Gasteiger partial charge is 0.507 e. The highest BCUT2D eigenvalue weighted by molar-refractivity contribution is 6.46. The molecule has 1 saturated heterocycles. The summed E-state index contributed by atoms with van der Waals surface area (Å²) in [5.74, 6) is -2.35. The molecular formula is C21H21FN2O4. The second-order valence-electron chi connectivity index (χ2n) is 6.47. The number of methoxy groups -OCH3 is 1. The van der Waals surface area contributed by atoms with Gasteiger partial charge >= 0.3 is 0 Å².